The Hall–Kier alpha value is -2.65. The van der Waals surface area contributed by atoms with Gasteiger partial charge in [0.05, 0.1) is 6.04 Å². The number of nitrogens with one attached hydrogen (secondary N) is 2. The van der Waals surface area contributed by atoms with Crippen molar-refractivity contribution in [2.75, 3.05) is 19.6 Å². The number of alkyl carbamates (subject to hydrolysis) is 1. The first-order valence-corrected chi connectivity index (χ1v) is 16.3. The second-order valence-corrected chi connectivity index (χ2v) is 14.3. The molecule has 0 aromatic heterocycles. The van der Waals surface area contributed by atoms with E-state index >= 15 is 0 Å². The molecule has 10 heteroatoms. The molecule has 0 aromatic carbocycles. The van der Waals surface area contributed by atoms with Crippen LogP contribution in [0.1, 0.15) is 105 Å². The highest BCUT2D eigenvalue weighted by Gasteiger charge is 2.47. The molecule has 4 aliphatic rings. The zero-order chi connectivity index (χ0) is 30.6. The van der Waals surface area contributed by atoms with E-state index in [1.165, 1.54) is 0 Å². The smallest absolute Gasteiger partial charge is 0.408 e. The summed E-state index contributed by atoms with van der Waals surface area (Å²) >= 11 is 0. The van der Waals surface area contributed by atoms with E-state index in [-0.39, 0.29) is 29.6 Å². The number of nitrogens with zero attached hydrogens (tertiary/aromatic N) is 2. The molecule has 0 spiro atoms. The fourth-order valence-electron chi connectivity index (χ4n) is 6.93. The van der Waals surface area contributed by atoms with Gasteiger partial charge in [0.1, 0.15) is 17.7 Å². The predicted molar refractivity (Wildman–Crippen MR) is 158 cm³/mol. The number of likely N-dealkylation sites (tertiary alicyclic amines) is 2. The molecule has 0 radical (unpaired) electrons. The molecule has 2 N–H and O–H groups in total. The first-order chi connectivity index (χ1) is 19.9. The molecule has 0 bridgehead atoms. The van der Waals surface area contributed by atoms with E-state index in [0.717, 1.165) is 57.8 Å². The first kappa shape index (κ1) is 32.3. The van der Waals surface area contributed by atoms with Gasteiger partial charge in [0.25, 0.3) is 5.91 Å². The Morgan fingerprint density at radius 1 is 0.833 bits per heavy atom. The summed E-state index contributed by atoms with van der Waals surface area (Å²) < 4.78 is 5.52. The van der Waals surface area contributed by atoms with Gasteiger partial charge in [-0.1, -0.05) is 52.4 Å². The van der Waals surface area contributed by atoms with Crippen molar-refractivity contribution >= 4 is 29.6 Å². The highest BCUT2D eigenvalue weighted by Crippen LogP contribution is 2.35. The molecule has 10 nitrogen and oxygen atoms in total. The van der Waals surface area contributed by atoms with Gasteiger partial charge in [-0.3, -0.25) is 19.2 Å². The van der Waals surface area contributed by atoms with Crippen molar-refractivity contribution in [1.82, 2.24) is 20.4 Å². The fourth-order valence-corrected chi connectivity index (χ4v) is 6.93. The molecular weight excluding hydrogens is 536 g/mol. The SMILES string of the molecule is CC(C)C1CCN(C(=O)[C@@H](NC(=O)OC(C)(C)C)C2CCCCC2)C1C(=O)NC(CC1CCC1)C(=O)C(=O)N1CCC1. The summed E-state index contributed by atoms with van der Waals surface area (Å²) in [5.41, 5.74) is -0.710. The van der Waals surface area contributed by atoms with Crippen LogP contribution in [0.3, 0.4) is 0 Å². The van der Waals surface area contributed by atoms with Gasteiger partial charge in [-0.05, 0) is 76.5 Å². The van der Waals surface area contributed by atoms with Gasteiger partial charge >= 0.3 is 6.09 Å². The summed E-state index contributed by atoms with van der Waals surface area (Å²) in [6, 6.07) is -2.46. The van der Waals surface area contributed by atoms with Gasteiger partial charge in [-0.15, -0.1) is 0 Å². The van der Waals surface area contributed by atoms with Gasteiger partial charge in [0.2, 0.25) is 17.6 Å². The van der Waals surface area contributed by atoms with Crippen LogP contribution in [0.4, 0.5) is 4.79 Å². The lowest BCUT2D eigenvalue weighted by molar-refractivity contribution is -0.149. The summed E-state index contributed by atoms with van der Waals surface area (Å²) in [7, 11) is 0. The molecular formula is C32H52N4O6. The van der Waals surface area contributed by atoms with Crippen LogP contribution in [-0.4, -0.2) is 82.8 Å². The summed E-state index contributed by atoms with van der Waals surface area (Å²) in [5.74, 6) is -1.45. The van der Waals surface area contributed by atoms with Crippen molar-refractivity contribution in [3.05, 3.63) is 0 Å². The minimum Gasteiger partial charge on any atom is -0.444 e. The Morgan fingerprint density at radius 3 is 2.02 bits per heavy atom. The molecule has 0 aromatic rings. The summed E-state index contributed by atoms with van der Waals surface area (Å²) in [6.07, 6.45) is 9.12. The fraction of sp³-hybridized carbons (Fsp3) is 0.844. The molecule has 4 atom stereocenters. The number of ether oxygens (including phenoxy) is 1. The largest absolute Gasteiger partial charge is 0.444 e. The van der Waals surface area contributed by atoms with Gasteiger partial charge in [0.15, 0.2) is 0 Å². The van der Waals surface area contributed by atoms with Crippen molar-refractivity contribution in [2.45, 2.75) is 129 Å². The maximum absolute atomic E-state index is 14.3. The van der Waals surface area contributed by atoms with Crippen LogP contribution < -0.4 is 10.6 Å². The first-order valence-electron chi connectivity index (χ1n) is 16.3. The van der Waals surface area contributed by atoms with E-state index in [1.54, 1.807) is 30.6 Å². The third kappa shape index (κ3) is 7.84. The van der Waals surface area contributed by atoms with Crippen molar-refractivity contribution in [3.63, 3.8) is 0 Å². The molecule has 2 saturated heterocycles. The molecule has 3 unspecified atom stereocenters. The van der Waals surface area contributed by atoms with E-state index in [4.69, 9.17) is 4.74 Å². The van der Waals surface area contributed by atoms with Gasteiger partial charge < -0.3 is 25.2 Å². The third-order valence-electron chi connectivity index (χ3n) is 9.69. The van der Waals surface area contributed by atoms with E-state index < -0.39 is 41.5 Å². The quantitative estimate of drug-likeness (QED) is 0.374. The molecule has 4 rings (SSSR count). The average molecular weight is 589 g/mol. The summed E-state index contributed by atoms with van der Waals surface area (Å²) in [5, 5.41) is 5.84. The van der Waals surface area contributed by atoms with E-state index in [0.29, 0.717) is 38.4 Å². The Morgan fingerprint density at radius 2 is 1.50 bits per heavy atom. The van der Waals surface area contributed by atoms with Gasteiger partial charge in [-0.2, -0.15) is 0 Å². The summed E-state index contributed by atoms with van der Waals surface area (Å²) in [6.45, 7) is 11.0. The van der Waals surface area contributed by atoms with Crippen LogP contribution in [0.2, 0.25) is 0 Å². The minimum atomic E-state index is -0.893. The number of hydrogen-bond acceptors (Lipinski definition) is 6. The second kappa shape index (κ2) is 13.8. The molecule has 2 heterocycles. The maximum atomic E-state index is 14.3. The predicted octanol–water partition coefficient (Wildman–Crippen LogP) is 3.81. The second-order valence-electron chi connectivity index (χ2n) is 14.3. The van der Waals surface area contributed by atoms with Crippen LogP contribution in [0.15, 0.2) is 0 Å². The number of ketones is 1. The molecule has 236 valence electrons. The van der Waals surface area contributed by atoms with Crippen LogP contribution in [0.5, 0.6) is 0 Å². The number of rotatable bonds is 10. The molecule has 2 saturated carbocycles. The van der Waals surface area contributed by atoms with E-state index in [9.17, 15) is 24.0 Å². The van der Waals surface area contributed by atoms with Crippen LogP contribution >= 0.6 is 0 Å². The normalized spacial score (nSPS) is 24.8. The Labute approximate surface area is 251 Å². The Balaban J connectivity index is 1.55. The maximum Gasteiger partial charge on any atom is 0.408 e. The highest BCUT2D eigenvalue weighted by atomic mass is 16.6. The van der Waals surface area contributed by atoms with Crippen molar-refractivity contribution in [2.24, 2.45) is 23.7 Å². The van der Waals surface area contributed by atoms with Crippen LogP contribution in [-0.2, 0) is 23.9 Å². The number of amides is 4. The lowest BCUT2D eigenvalue weighted by Crippen LogP contribution is -2.60. The van der Waals surface area contributed by atoms with Crippen molar-refractivity contribution in [3.8, 4) is 0 Å². The Bertz CT molecular complexity index is 1010. The van der Waals surface area contributed by atoms with Gasteiger partial charge in [0, 0.05) is 19.6 Å². The zero-order valence-corrected chi connectivity index (χ0v) is 26.3. The molecule has 4 amide bonds. The molecule has 4 fully saturated rings. The highest BCUT2D eigenvalue weighted by molar-refractivity contribution is 6.38. The van der Waals surface area contributed by atoms with Crippen molar-refractivity contribution < 1.29 is 28.7 Å². The van der Waals surface area contributed by atoms with Gasteiger partial charge in [-0.25, -0.2) is 4.79 Å². The topological polar surface area (TPSA) is 125 Å². The number of carbonyl (C=O) groups is 5. The zero-order valence-electron chi connectivity index (χ0n) is 26.3. The molecule has 2 aliphatic heterocycles. The standard InChI is InChI=1S/C32H52N4O6/c1-20(2)23-15-18-36(29(39)25(22-13-7-6-8-14-22)34-31(41)42-32(3,4)5)26(23)28(38)33-24(19-21-11-9-12-21)27(37)30(40)35-16-10-17-35/h20-26H,6-19H2,1-5H3,(H,33,38)(H,34,41)/t23?,24?,25-,26?/m0/s1. The molecule has 42 heavy (non-hydrogen) atoms. The summed E-state index contributed by atoms with van der Waals surface area (Å²) in [4.78, 5) is 70.6. The van der Waals surface area contributed by atoms with Crippen LogP contribution in [0, 0.1) is 23.7 Å². The lowest BCUT2D eigenvalue weighted by atomic mass is 9.79. The number of Topliss-reactive ketones (excluding diaryl/α,β-unsaturated/α-hetero) is 1. The third-order valence-corrected chi connectivity index (χ3v) is 9.69. The van der Waals surface area contributed by atoms with Crippen LogP contribution in [0.25, 0.3) is 0 Å². The minimum absolute atomic E-state index is 0.0392. The lowest BCUT2D eigenvalue weighted by Gasteiger charge is -2.37. The average Bonchev–Trinajstić information content (AvgIpc) is 3.32. The van der Waals surface area contributed by atoms with E-state index in [2.05, 4.69) is 10.6 Å². The van der Waals surface area contributed by atoms with E-state index in [1.807, 2.05) is 13.8 Å². The molecule has 2 aliphatic carbocycles. The number of hydrogen-bond donors (Lipinski definition) is 2. The van der Waals surface area contributed by atoms with Crippen molar-refractivity contribution in [1.29, 1.82) is 0 Å². The monoisotopic (exact) mass is 588 g/mol. The Kier molecular flexibility index (Phi) is 10.6. The number of carbonyl (C=O) groups excluding carboxylic acids is 5.